The van der Waals surface area contributed by atoms with Gasteiger partial charge in [0.2, 0.25) is 0 Å². The van der Waals surface area contributed by atoms with Crippen molar-refractivity contribution in [2.45, 2.75) is 58.3 Å². The highest BCUT2D eigenvalue weighted by Crippen LogP contribution is 2.51. The number of anilines is 3. The molecule has 0 saturated heterocycles. The molecule has 0 aliphatic rings. The summed E-state index contributed by atoms with van der Waals surface area (Å²) in [7, 11) is 0. The Labute approximate surface area is 443 Å². The summed E-state index contributed by atoms with van der Waals surface area (Å²) >= 11 is 0. The van der Waals surface area contributed by atoms with Gasteiger partial charge in [-0.25, -0.2) is 0 Å². The van der Waals surface area contributed by atoms with Gasteiger partial charge in [0, 0.05) is 55.2 Å². The van der Waals surface area contributed by atoms with Crippen LogP contribution < -0.4 is 4.90 Å². The van der Waals surface area contributed by atoms with E-state index in [9.17, 15) is 0 Å². The fraction of sp³-hybridized carbons (Fsp3) is 0.123. The maximum Gasteiger partial charge on any atom is 0.159 e. The molecule has 3 heteroatoms. The van der Waals surface area contributed by atoms with Crippen LogP contribution in [0, 0.1) is 0 Å². The van der Waals surface area contributed by atoms with Crippen LogP contribution in [0.2, 0.25) is 0 Å². The number of hydrogen-bond acceptors (Lipinski definition) is 3. The zero-order chi connectivity index (χ0) is 51.5. The van der Waals surface area contributed by atoms with Gasteiger partial charge in [0.1, 0.15) is 16.7 Å². The minimum atomic E-state index is -0.170. The van der Waals surface area contributed by atoms with Crippen molar-refractivity contribution in [2.75, 3.05) is 4.90 Å². The third-order valence-corrected chi connectivity index (χ3v) is 16.0. The largest absolute Gasteiger partial charge is 0.455 e. The Hall–Kier alpha value is -8.92. The molecular weight excluding hydrogens is 923 g/mol. The molecule has 0 fully saturated rings. The van der Waals surface area contributed by atoms with Gasteiger partial charge in [-0.05, 0) is 95.4 Å². The Morgan fingerprint density at radius 1 is 0.329 bits per heavy atom. The van der Waals surface area contributed by atoms with Gasteiger partial charge >= 0.3 is 0 Å². The molecule has 76 heavy (non-hydrogen) atoms. The van der Waals surface area contributed by atoms with E-state index in [2.05, 4.69) is 277 Å². The summed E-state index contributed by atoms with van der Waals surface area (Å²) in [6.45, 7) is 13.6. The Morgan fingerprint density at radius 2 is 0.816 bits per heavy atom. The van der Waals surface area contributed by atoms with E-state index in [1.807, 2.05) is 0 Å². The van der Waals surface area contributed by atoms with Crippen LogP contribution in [0.25, 0.3) is 98.4 Å². The van der Waals surface area contributed by atoms with E-state index < -0.39 is 0 Å². The molecular formula is C73H57NO2. The molecule has 0 saturated carbocycles. The maximum atomic E-state index is 7.23. The van der Waals surface area contributed by atoms with E-state index in [-0.39, 0.29) is 16.7 Å². The van der Waals surface area contributed by atoms with Gasteiger partial charge < -0.3 is 13.7 Å². The minimum absolute atomic E-state index is 0.101. The SMILES string of the molecule is CC(C)(C)c1cccc2c1oc1c(C(c3cccc(-c4ccccc4)c3)c3ccc4ccc5c(N(c6cccc(-c7ccccc7)c6)c6cccc7c6oc6c(C(C)(C)C)cccc67)ccc6ccc3c4c65)cccc12. The standard InChI is InChI=1S/C73H57NO2/c1-72(2,3)61-32-16-28-56-55-27-15-31-60(68(55)75-69(56)61)65(51-25-13-23-49(43-51)45-19-9-7-10-20-45)53-39-35-47-37-41-59-63(42-38-48-36-40-54(53)66(47)67(48)59)74(52-26-14-24-50(44-52)46-21-11-8-12-22-46)64-34-18-30-58-57-29-17-33-62(73(4,5)6)70(57)76-71(58)64/h7-44,65H,1-6H3. The molecule has 12 aromatic carbocycles. The van der Waals surface area contributed by atoms with Crippen LogP contribution in [0.1, 0.15) is 75.3 Å². The molecule has 0 aliphatic carbocycles. The number of fused-ring (bicyclic) bond motifs is 6. The van der Waals surface area contributed by atoms with Gasteiger partial charge in [-0.2, -0.15) is 0 Å². The van der Waals surface area contributed by atoms with Gasteiger partial charge in [-0.15, -0.1) is 0 Å². The molecule has 2 heterocycles. The van der Waals surface area contributed by atoms with Gasteiger partial charge in [-0.3, -0.25) is 0 Å². The van der Waals surface area contributed by atoms with Crippen LogP contribution in [0.5, 0.6) is 0 Å². The molecule has 14 aromatic rings. The summed E-state index contributed by atoms with van der Waals surface area (Å²) in [5.74, 6) is -0.170. The number of para-hydroxylation sites is 4. The van der Waals surface area contributed by atoms with Crippen LogP contribution >= 0.6 is 0 Å². The van der Waals surface area contributed by atoms with Crippen LogP contribution in [-0.2, 0) is 10.8 Å². The molecule has 1 atom stereocenters. The van der Waals surface area contributed by atoms with Crippen molar-refractivity contribution < 1.29 is 8.83 Å². The Kier molecular flexibility index (Phi) is 10.4. The van der Waals surface area contributed by atoms with Crippen LogP contribution in [0.3, 0.4) is 0 Å². The normalized spacial score (nSPS) is 12.8. The van der Waals surface area contributed by atoms with Gasteiger partial charge in [0.05, 0.1) is 11.4 Å². The number of rotatable bonds is 8. The second-order valence-corrected chi connectivity index (χ2v) is 22.8. The first-order chi connectivity index (χ1) is 37.0. The van der Waals surface area contributed by atoms with Gasteiger partial charge in [0.15, 0.2) is 5.58 Å². The summed E-state index contributed by atoms with van der Waals surface area (Å²) < 4.78 is 14.4. The molecule has 2 aromatic heterocycles. The topological polar surface area (TPSA) is 29.5 Å². The number of nitrogens with zero attached hydrogens (tertiary/aromatic N) is 1. The first-order valence-electron chi connectivity index (χ1n) is 26.7. The predicted molar refractivity (Wildman–Crippen MR) is 321 cm³/mol. The fourth-order valence-electron chi connectivity index (χ4n) is 12.4. The first kappa shape index (κ1) is 45.7. The number of furan rings is 2. The molecule has 3 nitrogen and oxygen atoms in total. The predicted octanol–water partition coefficient (Wildman–Crippen LogP) is 21.0. The van der Waals surface area contributed by atoms with Crippen molar-refractivity contribution in [3.05, 3.63) is 258 Å². The highest BCUT2D eigenvalue weighted by Gasteiger charge is 2.30. The lowest BCUT2D eigenvalue weighted by molar-refractivity contribution is 0.571. The van der Waals surface area contributed by atoms with Gasteiger partial charge in [-0.1, -0.05) is 248 Å². The molecule has 14 rings (SSSR count). The summed E-state index contributed by atoms with van der Waals surface area (Å²) in [4.78, 5) is 2.44. The second kappa shape index (κ2) is 17.3. The summed E-state index contributed by atoms with van der Waals surface area (Å²) in [6, 6.07) is 84.8. The van der Waals surface area contributed by atoms with E-state index >= 15 is 0 Å². The zero-order valence-electron chi connectivity index (χ0n) is 43.8. The Morgan fingerprint density at radius 3 is 1.46 bits per heavy atom. The van der Waals surface area contributed by atoms with Crippen molar-refractivity contribution in [3.8, 4) is 22.3 Å². The quantitative estimate of drug-likeness (QED) is 0.112. The highest BCUT2D eigenvalue weighted by atomic mass is 16.3. The maximum absolute atomic E-state index is 7.23. The molecule has 366 valence electrons. The third-order valence-electron chi connectivity index (χ3n) is 16.0. The first-order valence-corrected chi connectivity index (χ1v) is 26.7. The summed E-state index contributed by atoms with van der Waals surface area (Å²) in [6.07, 6.45) is 0. The van der Waals surface area contributed by atoms with E-state index in [1.165, 1.54) is 65.9 Å². The van der Waals surface area contributed by atoms with Crippen molar-refractivity contribution in [1.29, 1.82) is 0 Å². The monoisotopic (exact) mass is 979 g/mol. The highest BCUT2D eigenvalue weighted by molar-refractivity contribution is 6.27. The lowest BCUT2D eigenvalue weighted by atomic mass is 9.79. The molecule has 0 N–H and O–H groups in total. The van der Waals surface area contributed by atoms with Crippen LogP contribution in [-0.4, -0.2) is 0 Å². The van der Waals surface area contributed by atoms with Crippen molar-refractivity contribution >= 4 is 93.3 Å². The average molecular weight is 980 g/mol. The van der Waals surface area contributed by atoms with Gasteiger partial charge in [0.25, 0.3) is 0 Å². The van der Waals surface area contributed by atoms with E-state index in [4.69, 9.17) is 8.83 Å². The van der Waals surface area contributed by atoms with Crippen LogP contribution in [0.15, 0.2) is 239 Å². The van der Waals surface area contributed by atoms with Crippen molar-refractivity contribution in [1.82, 2.24) is 0 Å². The van der Waals surface area contributed by atoms with E-state index in [1.54, 1.807) is 0 Å². The lowest BCUT2D eigenvalue weighted by Gasteiger charge is -2.28. The number of hydrogen-bond donors (Lipinski definition) is 0. The Balaban J connectivity index is 1.04. The second-order valence-electron chi connectivity index (χ2n) is 22.8. The molecule has 0 radical (unpaired) electrons. The smallest absolute Gasteiger partial charge is 0.159 e. The Bertz CT molecular complexity index is 4250. The average Bonchev–Trinajstić information content (AvgIpc) is 4.12. The van der Waals surface area contributed by atoms with E-state index in [0.29, 0.717) is 0 Å². The summed E-state index contributed by atoms with van der Waals surface area (Å²) in [5.41, 5.74) is 17.3. The minimum Gasteiger partial charge on any atom is -0.455 e. The van der Waals surface area contributed by atoms with Crippen LogP contribution in [0.4, 0.5) is 17.1 Å². The fourth-order valence-corrected chi connectivity index (χ4v) is 12.4. The molecule has 1 unspecified atom stereocenters. The van der Waals surface area contributed by atoms with E-state index in [0.717, 1.165) is 77.5 Å². The third kappa shape index (κ3) is 7.32. The zero-order valence-corrected chi connectivity index (χ0v) is 43.8. The van der Waals surface area contributed by atoms with Crippen molar-refractivity contribution in [3.63, 3.8) is 0 Å². The molecule has 0 spiro atoms. The molecule has 0 bridgehead atoms. The number of benzene rings is 12. The molecule has 0 aliphatic heterocycles. The molecule has 0 amide bonds. The lowest BCUT2D eigenvalue weighted by Crippen LogP contribution is -2.11. The summed E-state index contributed by atoms with van der Waals surface area (Å²) in [5, 5.41) is 11.8. The van der Waals surface area contributed by atoms with Crippen molar-refractivity contribution in [2.24, 2.45) is 0 Å².